The minimum absolute atomic E-state index is 0.0604. The van der Waals surface area contributed by atoms with Crippen LogP contribution in [-0.2, 0) is 6.61 Å². The van der Waals surface area contributed by atoms with Crippen LogP contribution in [0.15, 0.2) is 24.5 Å². The van der Waals surface area contributed by atoms with Gasteiger partial charge >= 0.3 is 5.69 Å². The number of aromatic nitrogens is 3. The topological polar surface area (TPSA) is 107 Å². The van der Waals surface area contributed by atoms with Gasteiger partial charge in [0, 0.05) is 12.1 Å². The van der Waals surface area contributed by atoms with Crippen LogP contribution in [0.1, 0.15) is 31.3 Å². The van der Waals surface area contributed by atoms with Crippen LogP contribution in [0.3, 0.4) is 0 Å². The van der Waals surface area contributed by atoms with Crippen LogP contribution in [0.4, 0.5) is 5.69 Å². The van der Waals surface area contributed by atoms with Gasteiger partial charge in [0.1, 0.15) is 12.9 Å². The van der Waals surface area contributed by atoms with Crippen LogP contribution in [0.5, 0.6) is 5.75 Å². The molecule has 0 saturated heterocycles. The number of benzene rings is 1. The predicted molar refractivity (Wildman–Crippen MR) is 72.6 cm³/mol. The normalized spacial score (nSPS) is 10.4. The molecular formula is C13H13N5O3. The van der Waals surface area contributed by atoms with Crippen molar-refractivity contribution in [3.05, 3.63) is 46.0 Å². The molecule has 8 heteroatoms. The van der Waals surface area contributed by atoms with E-state index in [1.165, 1.54) is 24.5 Å². The summed E-state index contributed by atoms with van der Waals surface area (Å²) in [5.41, 5.74) is -0.0379. The lowest BCUT2D eigenvalue weighted by atomic mass is 10.2. The van der Waals surface area contributed by atoms with Gasteiger partial charge in [-0.2, -0.15) is 10.4 Å². The Kier molecular flexibility index (Phi) is 4.13. The fourth-order valence-corrected chi connectivity index (χ4v) is 1.80. The Labute approximate surface area is 120 Å². The Morgan fingerprint density at radius 1 is 1.52 bits per heavy atom. The molecule has 0 N–H and O–H groups in total. The largest absolute Gasteiger partial charge is 0.479 e. The molecule has 2 rings (SSSR count). The summed E-state index contributed by atoms with van der Waals surface area (Å²) in [6.45, 7) is 3.95. The minimum atomic E-state index is -0.580. The van der Waals surface area contributed by atoms with E-state index in [0.29, 0.717) is 5.82 Å². The smallest absolute Gasteiger partial charge is 0.312 e. The van der Waals surface area contributed by atoms with Gasteiger partial charge in [-0.05, 0) is 26.0 Å². The molecule has 1 aromatic carbocycles. The number of nitrogens with zero attached hydrogens (tertiary/aromatic N) is 5. The van der Waals surface area contributed by atoms with Gasteiger partial charge in [-0.15, -0.1) is 0 Å². The number of nitriles is 1. The van der Waals surface area contributed by atoms with Gasteiger partial charge < -0.3 is 4.74 Å². The molecule has 0 aliphatic rings. The molecule has 0 aliphatic carbocycles. The van der Waals surface area contributed by atoms with E-state index in [0.717, 1.165) is 0 Å². The van der Waals surface area contributed by atoms with E-state index < -0.39 is 4.92 Å². The summed E-state index contributed by atoms with van der Waals surface area (Å²) in [5.74, 6) is 0.668. The van der Waals surface area contributed by atoms with E-state index in [2.05, 4.69) is 10.1 Å². The number of nitro benzene ring substituents is 1. The molecule has 21 heavy (non-hydrogen) atoms. The Morgan fingerprint density at radius 2 is 2.29 bits per heavy atom. The third-order valence-electron chi connectivity index (χ3n) is 2.78. The lowest BCUT2D eigenvalue weighted by molar-refractivity contribution is -0.386. The fraction of sp³-hybridized carbons (Fsp3) is 0.308. The first kappa shape index (κ1) is 14.5. The van der Waals surface area contributed by atoms with Gasteiger partial charge in [0.15, 0.2) is 11.6 Å². The van der Waals surface area contributed by atoms with Crippen molar-refractivity contribution in [3.63, 3.8) is 0 Å². The highest BCUT2D eigenvalue weighted by atomic mass is 16.6. The first-order valence-corrected chi connectivity index (χ1v) is 6.22. The molecule has 0 atom stereocenters. The quantitative estimate of drug-likeness (QED) is 0.616. The molecule has 2 aromatic rings. The maximum absolute atomic E-state index is 11.0. The van der Waals surface area contributed by atoms with Crippen molar-refractivity contribution < 1.29 is 9.66 Å². The monoisotopic (exact) mass is 287 g/mol. The second kappa shape index (κ2) is 6.00. The van der Waals surface area contributed by atoms with Crippen LogP contribution in [-0.4, -0.2) is 19.7 Å². The van der Waals surface area contributed by atoms with Crippen molar-refractivity contribution in [2.45, 2.75) is 26.5 Å². The number of rotatable bonds is 5. The molecule has 8 nitrogen and oxygen atoms in total. The van der Waals surface area contributed by atoms with Crippen LogP contribution < -0.4 is 4.74 Å². The van der Waals surface area contributed by atoms with Crippen molar-refractivity contribution in [2.75, 3.05) is 0 Å². The summed E-state index contributed by atoms with van der Waals surface area (Å²) in [6.07, 6.45) is 1.41. The summed E-state index contributed by atoms with van der Waals surface area (Å²) in [7, 11) is 0. The first-order valence-electron chi connectivity index (χ1n) is 6.22. The third-order valence-corrected chi connectivity index (χ3v) is 2.78. The zero-order chi connectivity index (χ0) is 15.4. The second-order valence-electron chi connectivity index (χ2n) is 4.55. The maximum atomic E-state index is 11.0. The summed E-state index contributed by atoms with van der Waals surface area (Å²) < 4.78 is 7.13. The molecule has 0 saturated carbocycles. The molecule has 0 unspecified atom stereocenters. The Bertz CT molecular complexity index is 702. The van der Waals surface area contributed by atoms with Crippen molar-refractivity contribution in [2.24, 2.45) is 0 Å². The predicted octanol–water partition coefficient (Wildman–Crippen LogP) is 2.22. The molecule has 0 fully saturated rings. The molecule has 1 heterocycles. The fourth-order valence-electron chi connectivity index (χ4n) is 1.80. The maximum Gasteiger partial charge on any atom is 0.312 e. The Balaban J connectivity index is 2.22. The van der Waals surface area contributed by atoms with E-state index >= 15 is 0 Å². The highest BCUT2D eigenvalue weighted by molar-refractivity contribution is 5.51. The number of ether oxygens (including phenoxy) is 1. The van der Waals surface area contributed by atoms with Crippen LogP contribution in [0.2, 0.25) is 0 Å². The SMILES string of the molecule is CC(C)n1ncnc1COc1ccc(C#N)cc1[N+](=O)[O-]. The first-order chi connectivity index (χ1) is 10.0. The lowest BCUT2D eigenvalue weighted by Gasteiger charge is -2.10. The molecule has 0 spiro atoms. The zero-order valence-corrected chi connectivity index (χ0v) is 11.6. The molecule has 108 valence electrons. The average Bonchev–Trinajstić information content (AvgIpc) is 2.93. The van der Waals surface area contributed by atoms with Crippen molar-refractivity contribution in [1.82, 2.24) is 14.8 Å². The standard InChI is InChI=1S/C13H13N5O3/c1-9(2)17-13(15-8-16-17)7-21-12-4-3-10(6-14)5-11(12)18(19)20/h3-5,8-9H,7H2,1-2H3. The third kappa shape index (κ3) is 3.14. The van der Waals surface area contributed by atoms with Crippen molar-refractivity contribution in [3.8, 4) is 11.8 Å². The Hall–Kier alpha value is -2.95. The highest BCUT2D eigenvalue weighted by Gasteiger charge is 2.17. The Morgan fingerprint density at radius 3 is 2.90 bits per heavy atom. The summed E-state index contributed by atoms with van der Waals surface area (Å²) in [5, 5.41) is 23.8. The summed E-state index contributed by atoms with van der Waals surface area (Å²) >= 11 is 0. The molecule has 0 bridgehead atoms. The van der Waals surface area contributed by atoms with E-state index in [1.54, 1.807) is 4.68 Å². The molecule has 0 amide bonds. The van der Waals surface area contributed by atoms with Crippen LogP contribution in [0.25, 0.3) is 0 Å². The molecule has 1 aromatic heterocycles. The van der Waals surface area contributed by atoms with Crippen molar-refractivity contribution >= 4 is 5.69 Å². The van der Waals surface area contributed by atoms with E-state index in [1.807, 2.05) is 19.9 Å². The van der Waals surface area contributed by atoms with Crippen molar-refractivity contribution in [1.29, 1.82) is 5.26 Å². The lowest BCUT2D eigenvalue weighted by Crippen LogP contribution is -2.11. The van der Waals surface area contributed by atoms with E-state index in [-0.39, 0.29) is 29.6 Å². The van der Waals surface area contributed by atoms with Crippen LogP contribution >= 0.6 is 0 Å². The zero-order valence-electron chi connectivity index (χ0n) is 11.6. The van der Waals surface area contributed by atoms with Gasteiger partial charge in [-0.1, -0.05) is 0 Å². The molecular weight excluding hydrogens is 274 g/mol. The van der Waals surface area contributed by atoms with Gasteiger partial charge in [0.2, 0.25) is 0 Å². The van der Waals surface area contributed by atoms with Gasteiger partial charge in [-0.3, -0.25) is 10.1 Å². The van der Waals surface area contributed by atoms with Crippen LogP contribution in [0, 0.1) is 21.4 Å². The van der Waals surface area contributed by atoms with Gasteiger partial charge in [0.25, 0.3) is 0 Å². The van der Waals surface area contributed by atoms with Gasteiger partial charge in [0.05, 0.1) is 16.6 Å². The molecule has 0 aliphatic heterocycles. The number of hydrogen-bond donors (Lipinski definition) is 0. The summed E-state index contributed by atoms with van der Waals surface area (Å²) in [6, 6.07) is 6.03. The average molecular weight is 287 g/mol. The molecule has 0 radical (unpaired) electrons. The van der Waals surface area contributed by atoms with E-state index in [9.17, 15) is 10.1 Å². The number of hydrogen-bond acceptors (Lipinski definition) is 6. The number of nitro groups is 1. The highest BCUT2D eigenvalue weighted by Crippen LogP contribution is 2.28. The summed E-state index contributed by atoms with van der Waals surface area (Å²) in [4.78, 5) is 14.5. The minimum Gasteiger partial charge on any atom is -0.479 e. The second-order valence-corrected chi connectivity index (χ2v) is 4.55. The van der Waals surface area contributed by atoms with E-state index in [4.69, 9.17) is 10.00 Å². The van der Waals surface area contributed by atoms with Gasteiger partial charge in [-0.25, -0.2) is 9.67 Å².